The van der Waals surface area contributed by atoms with Crippen molar-refractivity contribution in [2.24, 2.45) is 5.92 Å². The molecule has 1 aliphatic heterocycles. The Bertz CT molecular complexity index is 492. The average molecular weight is 257 g/mol. The number of fused-ring (bicyclic) bond motifs is 1. The van der Waals surface area contributed by atoms with Crippen molar-refractivity contribution in [1.82, 2.24) is 4.90 Å². The molecule has 0 radical (unpaired) electrons. The fourth-order valence-electron chi connectivity index (χ4n) is 3.60. The van der Waals surface area contributed by atoms with Gasteiger partial charge in [-0.3, -0.25) is 0 Å². The standard InChI is InChI=1S/C17H23NO/c1-18-11-10-13-6-3-4-9-16(13)17(18)14-7-5-8-15(12-14)19-2/h5,7-8,12-13H,3-4,6,9-11H2,1-2H3. The van der Waals surface area contributed by atoms with Crippen LogP contribution in [0.1, 0.15) is 37.7 Å². The molecule has 2 nitrogen and oxygen atoms in total. The van der Waals surface area contributed by atoms with E-state index in [0.717, 1.165) is 11.7 Å². The van der Waals surface area contributed by atoms with Crippen molar-refractivity contribution < 1.29 is 4.74 Å². The zero-order valence-electron chi connectivity index (χ0n) is 12.0. The molecule has 1 aliphatic carbocycles. The molecular weight excluding hydrogens is 234 g/mol. The molecule has 0 saturated heterocycles. The van der Waals surface area contributed by atoms with Gasteiger partial charge in [0.15, 0.2) is 0 Å². The zero-order valence-corrected chi connectivity index (χ0v) is 12.0. The minimum Gasteiger partial charge on any atom is -0.497 e. The number of allylic oxidation sites excluding steroid dienone is 1. The highest BCUT2D eigenvalue weighted by atomic mass is 16.5. The molecule has 1 atom stereocenters. The number of hydrogen-bond acceptors (Lipinski definition) is 2. The second kappa shape index (κ2) is 5.28. The Kier molecular flexibility index (Phi) is 3.50. The van der Waals surface area contributed by atoms with Crippen LogP contribution in [0.15, 0.2) is 29.8 Å². The molecule has 0 bridgehead atoms. The van der Waals surface area contributed by atoms with Crippen LogP contribution in [-0.4, -0.2) is 25.6 Å². The second-order valence-corrected chi connectivity index (χ2v) is 5.76. The normalized spacial score (nSPS) is 23.3. The number of rotatable bonds is 2. The van der Waals surface area contributed by atoms with Crippen molar-refractivity contribution >= 4 is 5.70 Å². The van der Waals surface area contributed by atoms with Gasteiger partial charge in [0.05, 0.1) is 7.11 Å². The number of benzene rings is 1. The predicted octanol–water partition coefficient (Wildman–Crippen LogP) is 3.93. The Morgan fingerprint density at radius 2 is 2.11 bits per heavy atom. The number of nitrogens with zero attached hydrogens (tertiary/aromatic N) is 1. The molecule has 1 fully saturated rings. The lowest BCUT2D eigenvalue weighted by Crippen LogP contribution is -2.30. The average Bonchev–Trinajstić information content (AvgIpc) is 2.47. The molecule has 0 N–H and O–H groups in total. The van der Waals surface area contributed by atoms with Crippen molar-refractivity contribution in [3.63, 3.8) is 0 Å². The Balaban J connectivity index is 2.05. The van der Waals surface area contributed by atoms with E-state index in [1.54, 1.807) is 12.7 Å². The highest BCUT2D eigenvalue weighted by Crippen LogP contribution is 2.41. The molecule has 1 aromatic rings. The lowest BCUT2D eigenvalue weighted by atomic mass is 9.78. The van der Waals surface area contributed by atoms with Gasteiger partial charge in [-0.15, -0.1) is 0 Å². The Hall–Kier alpha value is -1.44. The van der Waals surface area contributed by atoms with E-state index < -0.39 is 0 Å². The van der Waals surface area contributed by atoms with Gasteiger partial charge in [-0.25, -0.2) is 0 Å². The molecule has 0 spiro atoms. The summed E-state index contributed by atoms with van der Waals surface area (Å²) in [6, 6.07) is 8.52. The molecular formula is C17H23NO. The highest BCUT2D eigenvalue weighted by Gasteiger charge is 2.28. The van der Waals surface area contributed by atoms with Crippen molar-refractivity contribution in [3.8, 4) is 5.75 Å². The highest BCUT2D eigenvalue weighted by molar-refractivity contribution is 5.69. The summed E-state index contributed by atoms with van der Waals surface area (Å²) in [6.45, 7) is 1.18. The molecule has 0 amide bonds. The van der Waals surface area contributed by atoms with Gasteiger partial charge in [0.2, 0.25) is 0 Å². The molecule has 1 unspecified atom stereocenters. The summed E-state index contributed by atoms with van der Waals surface area (Å²) in [7, 11) is 3.97. The van der Waals surface area contributed by atoms with Gasteiger partial charge >= 0.3 is 0 Å². The first-order chi connectivity index (χ1) is 9.29. The van der Waals surface area contributed by atoms with Crippen LogP contribution >= 0.6 is 0 Å². The fraction of sp³-hybridized carbons (Fsp3) is 0.529. The summed E-state index contributed by atoms with van der Waals surface area (Å²) in [5.41, 5.74) is 4.48. The second-order valence-electron chi connectivity index (χ2n) is 5.76. The van der Waals surface area contributed by atoms with Gasteiger partial charge in [0.1, 0.15) is 5.75 Å². The van der Waals surface area contributed by atoms with E-state index in [9.17, 15) is 0 Å². The number of ether oxygens (including phenoxy) is 1. The molecule has 3 rings (SSSR count). The van der Waals surface area contributed by atoms with Gasteiger partial charge in [-0.1, -0.05) is 18.6 Å². The van der Waals surface area contributed by atoms with Crippen LogP contribution in [0.5, 0.6) is 5.75 Å². The van der Waals surface area contributed by atoms with Crippen LogP contribution in [-0.2, 0) is 0 Å². The summed E-state index contributed by atoms with van der Waals surface area (Å²) in [4.78, 5) is 2.44. The first-order valence-electron chi connectivity index (χ1n) is 7.38. The summed E-state index contributed by atoms with van der Waals surface area (Å²) in [5, 5.41) is 0. The van der Waals surface area contributed by atoms with E-state index in [1.165, 1.54) is 49.9 Å². The summed E-state index contributed by atoms with van der Waals surface area (Å²) in [5.74, 6) is 1.78. The van der Waals surface area contributed by atoms with E-state index in [1.807, 2.05) is 6.07 Å². The molecule has 1 aromatic carbocycles. The largest absolute Gasteiger partial charge is 0.497 e. The summed E-state index contributed by atoms with van der Waals surface area (Å²) >= 11 is 0. The number of methoxy groups -OCH3 is 1. The van der Waals surface area contributed by atoms with Gasteiger partial charge in [0.25, 0.3) is 0 Å². The quantitative estimate of drug-likeness (QED) is 0.796. The summed E-state index contributed by atoms with van der Waals surface area (Å²) in [6.07, 6.45) is 6.76. The topological polar surface area (TPSA) is 12.5 Å². The molecule has 0 aromatic heterocycles. The van der Waals surface area contributed by atoms with Crippen LogP contribution in [0.2, 0.25) is 0 Å². The van der Waals surface area contributed by atoms with Gasteiger partial charge < -0.3 is 9.64 Å². The molecule has 19 heavy (non-hydrogen) atoms. The SMILES string of the molecule is COc1cccc(C2=C3CCCCC3CCN2C)c1. The van der Waals surface area contributed by atoms with Crippen LogP contribution in [0.4, 0.5) is 0 Å². The van der Waals surface area contributed by atoms with Crippen LogP contribution in [0.25, 0.3) is 5.70 Å². The minimum absolute atomic E-state index is 0.825. The van der Waals surface area contributed by atoms with Crippen molar-refractivity contribution in [1.29, 1.82) is 0 Å². The van der Waals surface area contributed by atoms with Crippen LogP contribution < -0.4 is 4.74 Å². The third-order valence-corrected chi connectivity index (χ3v) is 4.58. The van der Waals surface area contributed by atoms with E-state index in [-0.39, 0.29) is 0 Å². The Morgan fingerprint density at radius 1 is 1.21 bits per heavy atom. The monoisotopic (exact) mass is 257 g/mol. The van der Waals surface area contributed by atoms with E-state index >= 15 is 0 Å². The molecule has 2 heteroatoms. The smallest absolute Gasteiger partial charge is 0.119 e. The third-order valence-electron chi connectivity index (χ3n) is 4.58. The van der Waals surface area contributed by atoms with Gasteiger partial charge in [0, 0.05) is 24.9 Å². The molecule has 1 heterocycles. The predicted molar refractivity (Wildman–Crippen MR) is 79.1 cm³/mol. The van der Waals surface area contributed by atoms with E-state index in [2.05, 4.69) is 30.1 Å². The Morgan fingerprint density at radius 3 is 2.95 bits per heavy atom. The first-order valence-corrected chi connectivity index (χ1v) is 7.38. The van der Waals surface area contributed by atoms with Crippen molar-refractivity contribution in [3.05, 3.63) is 35.4 Å². The van der Waals surface area contributed by atoms with E-state index in [4.69, 9.17) is 4.74 Å². The molecule has 1 saturated carbocycles. The van der Waals surface area contributed by atoms with Crippen LogP contribution in [0, 0.1) is 5.92 Å². The van der Waals surface area contributed by atoms with Crippen molar-refractivity contribution in [2.75, 3.05) is 20.7 Å². The van der Waals surface area contributed by atoms with Gasteiger partial charge in [-0.05, 0) is 49.3 Å². The molecule has 102 valence electrons. The van der Waals surface area contributed by atoms with Crippen molar-refractivity contribution in [2.45, 2.75) is 32.1 Å². The van der Waals surface area contributed by atoms with Crippen LogP contribution in [0.3, 0.4) is 0 Å². The van der Waals surface area contributed by atoms with E-state index in [0.29, 0.717) is 0 Å². The Labute approximate surface area is 116 Å². The maximum Gasteiger partial charge on any atom is 0.119 e. The maximum absolute atomic E-state index is 5.38. The van der Waals surface area contributed by atoms with Gasteiger partial charge in [-0.2, -0.15) is 0 Å². The lowest BCUT2D eigenvalue weighted by Gasteiger charge is -2.38. The zero-order chi connectivity index (χ0) is 13.2. The fourth-order valence-corrected chi connectivity index (χ4v) is 3.60. The minimum atomic E-state index is 0.825. The summed E-state index contributed by atoms with van der Waals surface area (Å²) < 4.78 is 5.38. The number of hydrogen-bond donors (Lipinski definition) is 0. The lowest BCUT2D eigenvalue weighted by molar-refractivity contribution is 0.333. The maximum atomic E-state index is 5.38. The first kappa shape index (κ1) is 12.6. The third kappa shape index (κ3) is 2.36. The molecule has 2 aliphatic rings.